The van der Waals surface area contributed by atoms with E-state index in [9.17, 15) is 39.5 Å². The van der Waals surface area contributed by atoms with Gasteiger partial charge in [-0.15, -0.1) is 0 Å². The molecule has 0 heterocycles. The van der Waals surface area contributed by atoms with Crippen molar-refractivity contribution in [1.82, 2.24) is 0 Å². The summed E-state index contributed by atoms with van der Waals surface area (Å²) in [7, 11) is 0. The van der Waals surface area contributed by atoms with Gasteiger partial charge in [-0.25, -0.2) is 22.0 Å². The third-order valence-corrected chi connectivity index (χ3v) is 6.49. The molecule has 3 saturated carbocycles. The zero-order valence-corrected chi connectivity index (χ0v) is 14.5. The van der Waals surface area contributed by atoms with Crippen molar-refractivity contribution in [2.24, 2.45) is 10.8 Å². The Kier molecular flexibility index (Phi) is 4.19. The van der Waals surface area contributed by atoms with Gasteiger partial charge >= 0.3 is 11.8 Å². The summed E-state index contributed by atoms with van der Waals surface area (Å²) in [4.78, 5) is 0. The minimum absolute atomic E-state index is 0.277. The summed E-state index contributed by atoms with van der Waals surface area (Å²) in [5.74, 6) is -18.9. The molecule has 1 aromatic carbocycles. The topological polar surface area (TPSA) is 0 Å². The van der Waals surface area contributed by atoms with Crippen molar-refractivity contribution in [2.45, 2.75) is 63.5 Å². The van der Waals surface area contributed by atoms with Crippen LogP contribution in [0.4, 0.5) is 39.5 Å². The van der Waals surface area contributed by atoms with Crippen LogP contribution in [0.15, 0.2) is 12.1 Å². The molecule has 1 unspecified atom stereocenters. The summed E-state index contributed by atoms with van der Waals surface area (Å²) >= 11 is 0. The van der Waals surface area contributed by atoms with E-state index < -0.39 is 83.2 Å². The summed E-state index contributed by atoms with van der Waals surface area (Å²) in [5, 5.41) is 0. The summed E-state index contributed by atoms with van der Waals surface area (Å²) in [6, 6.07) is 0.954. The predicted molar refractivity (Wildman–Crippen MR) is 78.8 cm³/mol. The number of hydrogen-bond acceptors (Lipinski definition) is 0. The normalized spacial score (nSPS) is 33.4. The van der Waals surface area contributed by atoms with Crippen LogP contribution in [-0.2, 0) is 5.92 Å². The van der Waals surface area contributed by atoms with Crippen molar-refractivity contribution < 1.29 is 39.5 Å². The molecule has 0 N–H and O–H groups in total. The minimum Gasteiger partial charge on any atom is -0.240 e. The molecule has 0 amide bonds. The fourth-order valence-corrected chi connectivity index (χ4v) is 4.33. The Morgan fingerprint density at radius 3 is 1.96 bits per heavy atom. The van der Waals surface area contributed by atoms with Gasteiger partial charge < -0.3 is 0 Å². The summed E-state index contributed by atoms with van der Waals surface area (Å²) in [6.45, 7) is 2.08. The van der Waals surface area contributed by atoms with Gasteiger partial charge in [-0.3, -0.25) is 0 Å². The van der Waals surface area contributed by atoms with Crippen molar-refractivity contribution in [3.8, 4) is 0 Å². The molecular formula is C18H17F9. The number of fused-ring (bicyclic) bond motifs is 3. The van der Waals surface area contributed by atoms with Gasteiger partial charge in [0.05, 0.1) is 11.0 Å². The quantitative estimate of drug-likeness (QED) is 0.501. The number of hydrogen-bond donors (Lipinski definition) is 0. The second kappa shape index (κ2) is 5.56. The lowest BCUT2D eigenvalue weighted by Crippen LogP contribution is -2.70. The first kappa shape index (κ1) is 20.3. The van der Waals surface area contributed by atoms with E-state index in [4.69, 9.17) is 0 Å². The maximum Gasteiger partial charge on any atom is 0.338 e. The van der Waals surface area contributed by atoms with Gasteiger partial charge in [0.1, 0.15) is 0 Å². The lowest BCUT2D eigenvalue weighted by Gasteiger charge is -2.60. The van der Waals surface area contributed by atoms with Gasteiger partial charge in [0.2, 0.25) is 0 Å². The van der Waals surface area contributed by atoms with E-state index in [0.717, 1.165) is 13.8 Å². The molecule has 0 aliphatic heterocycles. The van der Waals surface area contributed by atoms with E-state index in [2.05, 4.69) is 0 Å². The summed E-state index contributed by atoms with van der Waals surface area (Å²) < 4.78 is 130. The fourth-order valence-electron chi connectivity index (χ4n) is 4.33. The Bertz CT molecular complexity index is 760. The second-order valence-corrected chi connectivity index (χ2v) is 7.91. The Morgan fingerprint density at radius 2 is 1.44 bits per heavy atom. The molecule has 0 saturated heterocycles. The Morgan fingerprint density at radius 1 is 0.926 bits per heavy atom. The molecule has 2 bridgehead atoms. The highest BCUT2D eigenvalue weighted by Crippen LogP contribution is 2.71. The molecule has 27 heavy (non-hydrogen) atoms. The van der Waals surface area contributed by atoms with Crippen molar-refractivity contribution in [3.63, 3.8) is 0 Å². The Hall–Kier alpha value is -1.41. The fraction of sp³-hybridized carbons (Fsp3) is 0.667. The van der Waals surface area contributed by atoms with Gasteiger partial charge in [-0.05, 0) is 44.2 Å². The largest absolute Gasteiger partial charge is 0.338 e. The second-order valence-electron chi connectivity index (χ2n) is 7.91. The molecule has 4 rings (SSSR count). The molecule has 1 aromatic rings. The lowest BCUT2D eigenvalue weighted by molar-refractivity contribution is -0.359. The van der Waals surface area contributed by atoms with Crippen LogP contribution >= 0.6 is 0 Å². The van der Waals surface area contributed by atoms with Crippen LogP contribution in [0.3, 0.4) is 0 Å². The minimum atomic E-state index is -5.38. The predicted octanol–water partition coefficient (Wildman–Crippen LogP) is 6.55. The van der Waals surface area contributed by atoms with Crippen LogP contribution in [0.5, 0.6) is 0 Å². The van der Waals surface area contributed by atoms with Crippen LogP contribution in [0.2, 0.25) is 0 Å². The average Bonchev–Trinajstić information content (AvgIpc) is 2.58. The van der Waals surface area contributed by atoms with Crippen molar-refractivity contribution in [3.05, 3.63) is 34.9 Å². The van der Waals surface area contributed by atoms with Crippen molar-refractivity contribution in [2.75, 3.05) is 0 Å². The first-order chi connectivity index (χ1) is 12.2. The molecule has 0 spiro atoms. The molecule has 0 radical (unpaired) electrons. The maximum atomic E-state index is 15.0. The van der Waals surface area contributed by atoms with Crippen LogP contribution < -0.4 is 0 Å². The molecule has 0 aromatic heterocycles. The van der Waals surface area contributed by atoms with E-state index >= 15 is 0 Å². The van der Waals surface area contributed by atoms with Gasteiger partial charge in [-0.1, -0.05) is 13.0 Å². The molecule has 3 aliphatic rings. The lowest BCUT2D eigenvalue weighted by atomic mass is 9.49. The van der Waals surface area contributed by atoms with Crippen molar-refractivity contribution in [1.29, 1.82) is 0 Å². The van der Waals surface area contributed by atoms with Gasteiger partial charge in [0.15, 0.2) is 17.8 Å². The van der Waals surface area contributed by atoms with Gasteiger partial charge in [-0.2, -0.15) is 17.6 Å². The summed E-state index contributed by atoms with van der Waals surface area (Å²) in [5.41, 5.74) is -7.64. The zero-order chi connectivity index (χ0) is 20.6. The SMILES string of the molecule is Cc1ccc(C(F)(F)C(F)(F)C23CCC(C)(CC2)C(F)(F)C3F)c(F)c1F. The van der Waals surface area contributed by atoms with Gasteiger partial charge in [0.25, 0.3) is 5.92 Å². The van der Waals surface area contributed by atoms with Crippen LogP contribution in [0.25, 0.3) is 0 Å². The molecule has 1 atom stereocenters. The van der Waals surface area contributed by atoms with Crippen LogP contribution in [0.1, 0.15) is 43.7 Å². The molecular weight excluding hydrogens is 387 g/mol. The average molecular weight is 404 g/mol. The number of benzene rings is 1. The van der Waals surface area contributed by atoms with E-state index in [1.54, 1.807) is 0 Å². The highest BCUT2D eigenvalue weighted by molar-refractivity contribution is 5.32. The Labute approximate surface area is 149 Å². The number of aryl methyl sites for hydroxylation is 1. The van der Waals surface area contributed by atoms with E-state index in [-0.39, 0.29) is 6.07 Å². The highest BCUT2D eigenvalue weighted by atomic mass is 19.3. The monoisotopic (exact) mass is 404 g/mol. The highest BCUT2D eigenvalue weighted by Gasteiger charge is 2.81. The Balaban J connectivity index is 2.14. The molecule has 3 aliphatic carbocycles. The molecule has 3 fully saturated rings. The van der Waals surface area contributed by atoms with Gasteiger partial charge in [0, 0.05) is 5.41 Å². The molecule has 0 nitrogen and oxygen atoms in total. The summed E-state index contributed by atoms with van der Waals surface area (Å²) in [6.07, 6.45) is -6.48. The number of halogens is 9. The van der Waals surface area contributed by atoms with Crippen LogP contribution in [-0.4, -0.2) is 18.0 Å². The van der Waals surface area contributed by atoms with E-state index in [1.165, 1.54) is 0 Å². The first-order valence-corrected chi connectivity index (χ1v) is 8.38. The number of rotatable bonds is 3. The van der Waals surface area contributed by atoms with E-state index in [1.807, 2.05) is 0 Å². The third-order valence-electron chi connectivity index (χ3n) is 6.49. The van der Waals surface area contributed by atoms with Crippen LogP contribution in [0, 0.1) is 29.4 Å². The molecule has 9 heteroatoms. The van der Waals surface area contributed by atoms with Crippen molar-refractivity contribution >= 4 is 0 Å². The zero-order valence-electron chi connectivity index (χ0n) is 14.5. The first-order valence-electron chi connectivity index (χ1n) is 8.38. The van der Waals surface area contributed by atoms with E-state index in [0.29, 0.717) is 6.07 Å². The number of alkyl halides is 7. The maximum absolute atomic E-state index is 15.0. The molecule has 152 valence electrons. The third kappa shape index (κ3) is 2.26. The standard InChI is InChI=1S/C18H17F9/c1-9-3-4-10(12(20)11(9)19)16(22,23)18(26,27)15-7-5-14(2,6-8-15)17(24,25)13(15)21/h3-4,13H,5-8H2,1-2H3. The smallest absolute Gasteiger partial charge is 0.240 e.